The molecule has 0 atom stereocenters. The maximum absolute atomic E-state index is 11.2. The van der Waals surface area contributed by atoms with Gasteiger partial charge in [-0.2, -0.15) is 0 Å². The summed E-state index contributed by atoms with van der Waals surface area (Å²) >= 11 is 0. The molecule has 0 spiro atoms. The van der Waals surface area contributed by atoms with E-state index in [-0.39, 0.29) is 0 Å². The molecular formula is C12H26O3P+. The van der Waals surface area contributed by atoms with E-state index < -0.39 is 8.25 Å². The molecule has 0 aromatic rings. The van der Waals surface area contributed by atoms with Gasteiger partial charge >= 0.3 is 8.25 Å². The van der Waals surface area contributed by atoms with Gasteiger partial charge < -0.3 is 0 Å². The molecule has 0 aromatic carbocycles. The molecule has 0 amide bonds. The highest BCUT2D eigenvalue weighted by atomic mass is 31.1. The molecule has 16 heavy (non-hydrogen) atoms. The number of unbranched alkanes of at least 4 members (excludes halogenated alkanes) is 6. The van der Waals surface area contributed by atoms with E-state index in [9.17, 15) is 4.57 Å². The Labute approximate surface area is 101 Å². The van der Waals surface area contributed by atoms with Crippen LogP contribution in [0.3, 0.4) is 0 Å². The Kier molecular flexibility index (Phi) is 13.1. The van der Waals surface area contributed by atoms with Crippen molar-refractivity contribution >= 4 is 8.25 Å². The van der Waals surface area contributed by atoms with Crippen LogP contribution in [0.5, 0.6) is 0 Å². The Bertz CT molecular complexity index is 146. The molecule has 4 heteroatoms. The second-order valence-corrected chi connectivity index (χ2v) is 4.97. The molecule has 0 aliphatic carbocycles. The molecule has 0 aromatic heterocycles. The molecule has 0 bridgehead atoms. The molecule has 0 heterocycles. The van der Waals surface area contributed by atoms with Crippen molar-refractivity contribution in [1.29, 1.82) is 0 Å². The monoisotopic (exact) mass is 249 g/mol. The van der Waals surface area contributed by atoms with Crippen LogP contribution in [-0.4, -0.2) is 13.2 Å². The average Bonchev–Trinajstić information content (AvgIpc) is 2.28. The fourth-order valence-corrected chi connectivity index (χ4v) is 2.00. The maximum Gasteiger partial charge on any atom is 0.697 e. The highest BCUT2D eigenvalue weighted by molar-refractivity contribution is 7.33. The van der Waals surface area contributed by atoms with Crippen molar-refractivity contribution in [1.82, 2.24) is 0 Å². The Morgan fingerprint density at radius 1 is 0.750 bits per heavy atom. The molecule has 0 radical (unpaired) electrons. The van der Waals surface area contributed by atoms with Crippen molar-refractivity contribution in [3.8, 4) is 0 Å². The van der Waals surface area contributed by atoms with Crippen molar-refractivity contribution in [2.24, 2.45) is 0 Å². The second kappa shape index (κ2) is 13.1. The lowest BCUT2D eigenvalue weighted by molar-refractivity contribution is 0.218. The van der Waals surface area contributed by atoms with E-state index in [0.29, 0.717) is 13.2 Å². The van der Waals surface area contributed by atoms with Crippen LogP contribution in [0.1, 0.15) is 65.2 Å². The van der Waals surface area contributed by atoms with E-state index in [2.05, 4.69) is 13.8 Å². The smallest absolute Gasteiger partial charge is 0.119 e. The predicted octanol–water partition coefficient (Wildman–Crippen LogP) is 4.84. The average molecular weight is 249 g/mol. The summed E-state index contributed by atoms with van der Waals surface area (Å²) in [4.78, 5) is 0. The van der Waals surface area contributed by atoms with Gasteiger partial charge in [-0.1, -0.05) is 52.4 Å². The van der Waals surface area contributed by atoms with Gasteiger partial charge in [0.15, 0.2) is 0 Å². The third kappa shape index (κ3) is 12.1. The standard InChI is InChI=1S/C12H26O3P/c1-3-5-7-9-11-14-16(13)15-12-10-8-6-4-2/h3-12H2,1-2H3/q+1. The summed E-state index contributed by atoms with van der Waals surface area (Å²) in [5, 5.41) is 0. The van der Waals surface area contributed by atoms with Crippen LogP contribution in [0.2, 0.25) is 0 Å². The minimum Gasteiger partial charge on any atom is -0.119 e. The third-order valence-corrected chi connectivity index (χ3v) is 3.18. The van der Waals surface area contributed by atoms with Crippen LogP contribution >= 0.6 is 8.25 Å². The van der Waals surface area contributed by atoms with Crippen LogP contribution in [0.4, 0.5) is 0 Å². The van der Waals surface area contributed by atoms with Crippen molar-refractivity contribution in [2.45, 2.75) is 65.2 Å². The fourth-order valence-electron chi connectivity index (χ4n) is 1.37. The third-order valence-electron chi connectivity index (χ3n) is 2.39. The van der Waals surface area contributed by atoms with Gasteiger partial charge in [0.2, 0.25) is 0 Å². The highest BCUT2D eigenvalue weighted by Crippen LogP contribution is 2.24. The Balaban J connectivity index is 3.12. The van der Waals surface area contributed by atoms with E-state index in [1.807, 2.05) is 0 Å². The van der Waals surface area contributed by atoms with Gasteiger partial charge in [-0.3, -0.25) is 0 Å². The second-order valence-electron chi connectivity index (χ2n) is 4.01. The number of rotatable bonds is 12. The molecule has 0 unspecified atom stereocenters. The lowest BCUT2D eigenvalue weighted by atomic mass is 10.2. The van der Waals surface area contributed by atoms with E-state index >= 15 is 0 Å². The van der Waals surface area contributed by atoms with Crippen LogP contribution in [0.25, 0.3) is 0 Å². The van der Waals surface area contributed by atoms with E-state index in [1.165, 1.54) is 25.7 Å². The van der Waals surface area contributed by atoms with Gasteiger partial charge in [-0.15, -0.1) is 9.05 Å². The van der Waals surface area contributed by atoms with Gasteiger partial charge in [0, 0.05) is 4.57 Å². The Hall–Kier alpha value is 0.0200. The zero-order valence-corrected chi connectivity index (χ0v) is 11.6. The maximum atomic E-state index is 11.2. The molecule has 0 aliphatic heterocycles. The summed E-state index contributed by atoms with van der Waals surface area (Å²) in [5.74, 6) is 0. The topological polar surface area (TPSA) is 35.5 Å². The minimum atomic E-state index is -1.87. The van der Waals surface area contributed by atoms with E-state index in [0.717, 1.165) is 25.7 Å². The van der Waals surface area contributed by atoms with Gasteiger partial charge in [0.1, 0.15) is 13.2 Å². The molecule has 0 saturated carbocycles. The first kappa shape index (κ1) is 16.0. The molecule has 0 saturated heterocycles. The summed E-state index contributed by atoms with van der Waals surface area (Å²) in [6, 6.07) is 0. The minimum absolute atomic E-state index is 0.560. The van der Waals surface area contributed by atoms with E-state index in [4.69, 9.17) is 9.05 Å². The van der Waals surface area contributed by atoms with Crippen molar-refractivity contribution in [3.63, 3.8) is 0 Å². The fraction of sp³-hybridized carbons (Fsp3) is 1.00. The van der Waals surface area contributed by atoms with Gasteiger partial charge in [0.25, 0.3) is 0 Å². The first-order chi connectivity index (χ1) is 7.81. The normalized spacial score (nSPS) is 10.6. The van der Waals surface area contributed by atoms with Crippen molar-refractivity contribution in [3.05, 3.63) is 0 Å². The zero-order valence-electron chi connectivity index (χ0n) is 10.7. The first-order valence-corrected chi connectivity index (χ1v) is 7.63. The van der Waals surface area contributed by atoms with Crippen LogP contribution in [0.15, 0.2) is 0 Å². The molecule has 0 N–H and O–H groups in total. The summed E-state index contributed by atoms with van der Waals surface area (Å²) < 4.78 is 21.4. The van der Waals surface area contributed by atoms with Crippen LogP contribution in [-0.2, 0) is 13.6 Å². The molecule has 0 aliphatic rings. The molecule has 96 valence electrons. The van der Waals surface area contributed by atoms with Gasteiger partial charge in [-0.25, -0.2) is 0 Å². The van der Waals surface area contributed by atoms with Gasteiger partial charge in [-0.05, 0) is 12.8 Å². The summed E-state index contributed by atoms with van der Waals surface area (Å²) in [6.45, 7) is 5.45. The van der Waals surface area contributed by atoms with E-state index in [1.54, 1.807) is 0 Å². The highest BCUT2D eigenvalue weighted by Gasteiger charge is 2.18. The van der Waals surface area contributed by atoms with Crippen LogP contribution in [0, 0.1) is 0 Å². The Morgan fingerprint density at radius 2 is 1.19 bits per heavy atom. The summed E-state index contributed by atoms with van der Waals surface area (Å²) in [5.41, 5.74) is 0. The lowest BCUT2D eigenvalue weighted by Crippen LogP contribution is -1.91. The first-order valence-electron chi connectivity index (χ1n) is 6.54. The molecule has 0 fully saturated rings. The van der Waals surface area contributed by atoms with Crippen LogP contribution < -0.4 is 0 Å². The molecule has 0 rings (SSSR count). The number of hydrogen-bond donors (Lipinski definition) is 0. The molecule has 3 nitrogen and oxygen atoms in total. The van der Waals surface area contributed by atoms with Crippen molar-refractivity contribution in [2.75, 3.05) is 13.2 Å². The quantitative estimate of drug-likeness (QED) is 0.367. The van der Waals surface area contributed by atoms with Crippen molar-refractivity contribution < 1.29 is 13.6 Å². The predicted molar refractivity (Wildman–Crippen MR) is 67.8 cm³/mol. The number of hydrogen-bond acceptors (Lipinski definition) is 3. The summed E-state index contributed by atoms with van der Waals surface area (Å²) in [7, 11) is -1.87. The largest absolute Gasteiger partial charge is 0.697 e. The van der Waals surface area contributed by atoms with Gasteiger partial charge in [0.05, 0.1) is 0 Å². The lowest BCUT2D eigenvalue weighted by Gasteiger charge is -1.95. The summed E-state index contributed by atoms with van der Waals surface area (Å²) in [6.07, 6.45) is 9.12. The Morgan fingerprint density at radius 3 is 1.56 bits per heavy atom. The zero-order chi connectivity index (χ0) is 12.1. The SMILES string of the molecule is CCCCCCO[P+](=O)OCCCCCC. The molecular weight excluding hydrogens is 223 g/mol.